The van der Waals surface area contributed by atoms with Crippen LogP contribution < -0.4 is 4.74 Å². The van der Waals surface area contributed by atoms with Crippen LogP contribution >= 0.6 is 11.6 Å². The third-order valence-electron chi connectivity index (χ3n) is 2.40. The van der Waals surface area contributed by atoms with Crippen LogP contribution in [0.4, 0.5) is 4.39 Å². The summed E-state index contributed by atoms with van der Waals surface area (Å²) in [5.41, 5.74) is 0.976. The molecule has 2 nitrogen and oxygen atoms in total. The number of aryl methyl sites for hydroxylation is 1. The fourth-order valence-corrected chi connectivity index (χ4v) is 1.58. The standard InChI is InChI=1S/C14H10ClFO2/c1-9-7-12(5-6-13(9)15)18-14(17)10-3-2-4-11(16)8-10/h2-8H,1H3. The number of ether oxygens (including phenoxy) is 1. The molecule has 0 spiro atoms. The molecule has 0 fully saturated rings. The van der Waals surface area contributed by atoms with Gasteiger partial charge in [0.15, 0.2) is 0 Å². The third-order valence-corrected chi connectivity index (χ3v) is 2.82. The van der Waals surface area contributed by atoms with Gasteiger partial charge >= 0.3 is 5.97 Å². The molecule has 0 aliphatic rings. The van der Waals surface area contributed by atoms with Gasteiger partial charge in [-0.2, -0.15) is 0 Å². The molecule has 0 N–H and O–H groups in total. The Bertz CT molecular complexity index is 596. The van der Waals surface area contributed by atoms with E-state index in [1.165, 1.54) is 18.2 Å². The maximum absolute atomic E-state index is 13.0. The van der Waals surface area contributed by atoms with Crippen LogP contribution in [0.2, 0.25) is 5.02 Å². The Kier molecular flexibility index (Phi) is 3.63. The minimum atomic E-state index is -0.601. The third kappa shape index (κ3) is 2.87. The van der Waals surface area contributed by atoms with Gasteiger partial charge in [0.2, 0.25) is 0 Å². The monoisotopic (exact) mass is 264 g/mol. The van der Waals surface area contributed by atoms with Gasteiger partial charge in [-0.1, -0.05) is 17.7 Å². The number of carbonyl (C=O) groups excluding carboxylic acids is 1. The van der Waals surface area contributed by atoms with E-state index in [9.17, 15) is 9.18 Å². The molecular weight excluding hydrogens is 255 g/mol. The van der Waals surface area contributed by atoms with Gasteiger partial charge in [0.05, 0.1) is 5.56 Å². The van der Waals surface area contributed by atoms with Crippen molar-refractivity contribution in [2.45, 2.75) is 6.92 Å². The molecule has 0 aliphatic heterocycles. The highest BCUT2D eigenvalue weighted by atomic mass is 35.5. The van der Waals surface area contributed by atoms with E-state index in [-0.39, 0.29) is 5.56 Å². The van der Waals surface area contributed by atoms with Crippen molar-refractivity contribution in [2.75, 3.05) is 0 Å². The molecule has 0 saturated carbocycles. The van der Waals surface area contributed by atoms with E-state index in [2.05, 4.69) is 0 Å². The van der Waals surface area contributed by atoms with Crippen molar-refractivity contribution < 1.29 is 13.9 Å². The summed E-state index contributed by atoms with van der Waals surface area (Å²) >= 11 is 5.86. The zero-order valence-electron chi connectivity index (χ0n) is 9.61. The second kappa shape index (κ2) is 5.19. The van der Waals surface area contributed by atoms with Gasteiger partial charge in [-0.3, -0.25) is 0 Å². The van der Waals surface area contributed by atoms with Crippen molar-refractivity contribution in [3.63, 3.8) is 0 Å². The number of benzene rings is 2. The number of halogens is 2. The Morgan fingerprint density at radius 3 is 2.67 bits per heavy atom. The summed E-state index contributed by atoms with van der Waals surface area (Å²) in [6.45, 7) is 1.81. The van der Waals surface area contributed by atoms with E-state index in [1.54, 1.807) is 18.2 Å². The summed E-state index contributed by atoms with van der Waals surface area (Å²) in [6.07, 6.45) is 0. The van der Waals surface area contributed by atoms with E-state index in [4.69, 9.17) is 16.3 Å². The SMILES string of the molecule is Cc1cc(OC(=O)c2cccc(F)c2)ccc1Cl. The smallest absolute Gasteiger partial charge is 0.343 e. The van der Waals surface area contributed by atoms with Gasteiger partial charge in [-0.15, -0.1) is 0 Å². The molecule has 2 aromatic carbocycles. The van der Waals surface area contributed by atoms with Crippen LogP contribution in [0.3, 0.4) is 0 Å². The number of hydrogen-bond donors (Lipinski definition) is 0. The molecule has 18 heavy (non-hydrogen) atoms. The summed E-state index contributed by atoms with van der Waals surface area (Å²) in [5, 5.41) is 0.598. The van der Waals surface area contributed by atoms with Gasteiger partial charge < -0.3 is 4.74 Å². The molecule has 0 saturated heterocycles. The maximum Gasteiger partial charge on any atom is 0.343 e. The predicted molar refractivity (Wildman–Crippen MR) is 67.5 cm³/mol. The molecule has 0 aromatic heterocycles. The molecule has 2 aromatic rings. The molecule has 92 valence electrons. The molecule has 0 heterocycles. The summed E-state index contributed by atoms with van der Waals surface area (Å²) in [4.78, 5) is 11.7. The zero-order chi connectivity index (χ0) is 13.1. The summed E-state index contributed by atoms with van der Waals surface area (Å²) in [5.74, 6) is -0.695. The Morgan fingerprint density at radius 2 is 2.00 bits per heavy atom. The number of carbonyl (C=O) groups is 1. The van der Waals surface area contributed by atoms with Crippen LogP contribution in [-0.2, 0) is 0 Å². The minimum absolute atomic E-state index is 0.169. The topological polar surface area (TPSA) is 26.3 Å². The van der Waals surface area contributed by atoms with Crippen LogP contribution in [-0.4, -0.2) is 5.97 Å². The molecule has 0 atom stereocenters. The molecule has 2 rings (SSSR count). The first-order valence-electron chi connectivity index (χ1n) is 5.30. The highest BCUT2D eigenvalue weighted by molar-refractivity contribution is 6.31. The van der Waals surface area contributed by atoms with Crippen LogP contribution in [0.5, 0.6) is 5.75 Å². The number of rotatable bonds is 2. The van der Waals surface area contributed by atoms with E-state index in [0.29, 0.717) is 10.8 Å². The predicted octanol–water partition coefficient (Wildman–Crippen LogP) is 4.01. The lowest BCUT2D eigenvalue weighted by Gasteiger charge is -2.06. The molecule has 0 amide bonds. The fraction of sp³-hybridized carbons (Fsp3) is 0.0714. The second-order valence-electron chi connectivity index (χ2n) is 3.81. The molecule has 0 aliphatic carbocycles. The first kappa shape index (κ1) is 12.6. The second-order valence-corrected chi connectivity index (χ2v) is 4.22. The van der Waals surface area contributed by atoms with Gasteiger partial charge in [0.1, 0.15) is 11.6 Å². The van der Waals surface area contributed by atoms with Gasteiger partial charge in [0.25, 0.3) is 0 Å². The highest BCUT2D eigenvalue weighted by Crippen LogP contribution is 2.21. The lowest BCUT2D eigenvalue weighted by Crippen LogP contribution is -2.08. The van der Waals surface area contributed by atoms with Crippen LogP contribution in [0.1, 0.15) is 15.9 Å². The van der Waals surface area contributed by atoms with Gasteiger partial charge in [-0.05, 0) is 48.9 Å². The quantitative estimate of drug-likeness (QED) is 0.605. The van der Waals surface area contributed by atoms with Crippen molar-refractivity contribution >= 4 is 17.6 Å². The van der Waals surface area contributed by atoms with E-state index < -0.39 is 11.8 Å². The minimum Gasteiger partial charge on any atom is -0.423 e. The lowest BCUT2D eigenvalue weighted by molar-refractivity contribution is 0.0734. The van der Waals surface area contributed by atoms with Crippen molar-refractivity contribution in [1.29, 1.82) is 0 Å². The first-order chi connectivity index (χ1) is 8.56. The molecule has 0 unspecified atom stereocenters. The van der Waals surface area contributed by atoms with Gasteiger partial charge in [-0.25, -0.2) is 9.18 Å². The van der Waals surface area contributed by atoms with E-state index >= 15 is 0 Å². The Hall–Kier alpha value is -1.87. The number of esters is 1. The van der Waals surface area contributed by atoms with Crippen molar-refractivity contribution in [3.05, 3.63) is 64.4 Å². The molecule has 4 heteroatoms. The van der Waals surface area contributed by atoms with Crippen LogP contribution in [0.25, 0.3) is 0 Å². The van der Waals surface area contributed by atoms with Crippen molar-refractivity contribution in [2.24, 2.45) is 0 Å². The lowest BCUT2D eigenvalue weighted by atomic mass is 10.2. The Morgan fingerprint density at radius 1 is 1.22 bits per heavy atom. The van der Waals surface area contributed by atoms with Crippen LogP contribution in [0.15, 0.2) is 42.5 Å². The highest BCUT2D eigenvalue weighted by Gasteiger charge is 2.09. The molecular formula is C14H10ClFO2. The molecule has 0 bridgehead atoms. The van der Waals surface area contributed by atoms with E-state index in [0.717, 1.165) is 11.6 Å². The number of hydrogen-bond acceptors (Lipinski definition) is 2. The summed E-state index contributed by atoms with van der Waals surface area (Å²) in [7, 11) is 0. The zero-order valence-corrected chi connectivity index (χ0v) is 10.4. The fourth-order valence-electron chi connectivity index (χ4n) is 1.46. The average molecular weight is 265 g/mol. The Balaban J connectivity index is 2.18. The van der Waals surface area contributed by atoms with Gasteiger partial charge in [0, 0.05) is 5.02 Å². The largest absolute Gasteiger partial charge is 0.423 e. The van der Waals surface area contributed by atoms with Crippen molar-refractivity contribution in [1.82, 2.24) is 0 Å². The van der Waals surface area contributed by atoms with E-state index in [1.807, 2.05) is 6.92 Å². The first-order valence-corrected chi connectivity index (χ1v) is 5.68. The summed E-state index contributed by atoms with van der Waals surface area (Å²) in [6, 6.07) is 10.2. The molecule has 0 radical (unpaired) electrons. The van der Waals surface area contributed by atoms with Crippen molar-refractivity contribution in [3.8, 4) is 5.75 Å². The summed E-state index contributed by atoms with van der Waals surface area (Å²) < 4.78 is 18.1. The normalized spacial score (nSPS) is 10.2. The van der Waals surface area contributed by atoms with Crippen LogP contribution in [0, 0.1) is 12.7 Å². The average Bonchev–Trinajstić information content (AvgIpc) is 2.34. The Labute approximate surface area is 109 Å². The maximum atomic E-state index is 13.0.